The minimum absolute atomic E-state index is 0.107. The van der Waals surface area contributed by atoms with Crippen molar-refractivity contribution in [3.05, 3.63) is 0 Å². The summed E-state index contributed by atoms with van der Waals surface area (Å²) in [5.41, 5.74) is 0. The molecule has 0 rings (SSSR count). The van der Waals surface area contributed by atoms with Crippen LogP contribution in [0.5, 0.6) is 0 Å². The van der Waals surface area contributed by atoms with Gasteiger partial charge in [0.05, 0.1) is 26.4 Å². The van der Waals surface area contributed by atoms with Crippen molar-refractivity contribution in [2.45, 2.75) is 439 Å². The Morgan fingerprint density at radius 1 is 0.273 bits per heavy atom. The molecule has 3 N–H and O–H groups in total. The lowest BCUT2D eigenvalue weighted by atomic mass is 10.0. The molecule has 0 aliphatic heterocycles. The molecule has 0 aromatic rings. The van der Waals surface area contributed by atoms with Gasteiger partial charge < -0.3 is 33.8 Å². The van der Waals surface area contributed by atoms with E-state index in [1.54, 1.807) is 0 Å². The average Bonchev–Trinajstić information content (AvgIpc) is 0.978. The first-order valence-electron chi connectivity index (χ1n) is 41.5. The van der Waals surface area contributed by atoms with Crippen molar-refractivity contribution in [3.8, 4) is 0 Å². The Morgan fingerprint density at radius 2 is 0.465 bits per heavy atom. The van der Waals surface area contributed by atoms with Gasteiger partial charge in [-0.1, -0.05) is 369 Å². The summed E-state index contributed by atoms with van der Waals surface area (Å²) in [4.78, 5) is 72.9. The Labute approximate surface area is 607 Å². The van der Waals surface area contributed by atoms with Crippen molar-refractivity contribution >= 4 is 39.5 Å². The van der Waals surface area contributed by atoms with E-state index in [1.165, 1.54) is 231 Å². The van der Waals surface area contributed by atoms with E-state index in [4.69, 9.17) is 37.0 Å². The van der Waals surface area contributed by atoms with E-state index in [-0.39, 0.29) is 25.7 Å². The van der Waals surface area contributed by atoms with Gasteiger partial charge in [0.2, 0.25) is 0 Å². The molecule has 0 bridgehead atoms. The summed E-state index contributed by atoms with van der Waals surface area (Å²) >= 11 is 0. The highest BCUT2D eigenvalue weighted by Crippen LogP contribution is 2.45. The van der Waals surface area contributed by atoms with Crippen molar-refractivity contribution < 1.29 is 80.2 Å². The molecule has 2 unspecified atom stereocenters. The molecule has 0 aliphatic rings. The fourth-order valence-electron chi connectivity index (χ4n) is 12.4. The summed E-state index contributed by atoms with van der Waals surface area (Å²) in [6.07, 6.45) is 61.1. The third-order valence-corrected chi connectivity index (χ3v) is 20.6. The number of rotatable bonds is 79. The zero-order valence-electron chi connectivity index (χ0n) is 64.8. The first-order chi connectivity index (χ1) is 47.9. The van der Waals surface area contributed by atoms with Gasteiger partial charge in [0.15, 0.2) is 12.2 Å². The van der Waals surface area contributed by atoms with Crippen molar-refractivity contribution in [1.29, 1.82) is 0 Å². The number of phosphoric ester groups is 2. The standard InChI is InChI=1S/C80H156O17P2/c1-7-9-11-13-15-17-18-19-20-21-22-23-30-35-40-46-52-58-64-80(85)97-76(69-91-78(83)63-57-51-45-39-34-29-25-24-27-32-37-42-48-54-60-72(3)4)71-95-99(88,89)93-67-74(81)66-92-98(86,87)94-70-75(68-90-77(82)62-56-50-44-16-14-12-10-8-2)96-79(84)65-59-53-47-41-36-31-26-28-33-38-43-49-55-61-73(5)6/h72-76,81H,7-71H2,1-6H3,(H,86,87)(H,88,89)/t74-,75+,76+/m0/s1. The maximum Gasteiger partial charge on any atom is 0.472 e. The molecule has 0 amide bonds. The fourth-order valence-corrected chi connectivity index (χ4v) is 13.9. The van der Waals surface area contributed by atoms with Crippen LogP contribution < -0.4 is 0 Å². The molecule has 17 nitrogen and oxygen atoms in total. The van der Waals surface area contributed by atoms with E-state index in [9.17, 15) is 43.2 Å². The Balaban J connectivity index is 5.21. The molecule has 0 fully saturated rings. The van der Waals surface area contributed by atoms with E-state index < -0.39 is 97.5 Å². The maximum atomic E-state index is 13.1. The molecule has 0 saturated carbocycles. The number of phosphoric acid groups is 2. The van der Waals surface area contributed by atoms with Crippen molar-refractivity contribution in [2.24, 2.45) is 11.8 Å². The van der Waals surface area contributed by atoms with E-state index in [0.717, 1.165) is 108 Å². The predicted octanol–water partition coefficient (Wildman–Crippen LogP) is 23.9. The largest absolute Gasteiger partial charge is 0.472 e. The number of hydrogen-bond acceptors (Lipinski definition) is 15. The second kappa shape index (κ2) is 71.7. The van der Waals surface area contributed by atoms with Gasteiger partial charge in [-0.3, -0.25) is 37.3 Å². The normalized spacial score (nSPS) is 13.9. The second-order valence-electron chi connectivity index (χ2n) is 29.8. The van der Waals surface area contributed by atoms with Crippen LogP contribution in [0.3, 0.4) is 0 Å². The van der Waals surface area contributed by atoms with E-state index >= 15 is 0 Å². The minimum Gasteiger partial charge on any atom is -0.462 e. The lowest BCUT2D eigenvalue weighted by Crippen LogP contribution is -2.30. The molecular weight excluding hydrogens is 1290 g/mol. The molecule has 0 aliphatic carbocycles. The quantitative estimate of drug-likeness (QED) is 0.0222. The summed E-state index contributed by atoms with van der Waals surface area (Å²) in [5.74, 6) is -0.525. The molecule has 5 atom stereocenters. The highest BCUT2D eigenvalue weighted by molar-refractivity contribution is 7.47. The van der Waals surface area contributed by atoms with Crippen molar-refractivity contribution in [1.82, 2.24) is 0 Å². The topological polar surface area (TPSA) is 237 Å². The Hall–Kier alpha value is -1.94. The van der Waals surface area contributed by atoms with Crippen LogP contribution in [0.25, 0.3) is 0 Å². The zero-order valence-corrected chi connectivity index (χ0v) is 66.6. The van der Waals surface area contributed by atoms with Crippen LogP contribution >= 0.6 is 15.6 Å². The summed E-state index contributed by atoms with van der Waals surface area (Å²) in [6.45, 7) is 9.64. The first-order valence-corrected chi connectivity index (χ1v) is 44.5. The number of unbranched alkanes of at least 4 members (excludes halogenated alkanes) is 49. The van der Waals surface area contributed by atoms with Gasteiger partial charge >= 0.3 is 39.5 Å². The Kier molecular flexibility index (Phi) is 70.3. The molecule has 0 saturated heterocycles. The molecular formula is C80H156O17P2. The van der Waals surface area contributed by atoms with Crippen LogP contribution in [-0.4, -0.2) is 96.7 Å². The van der Waals surface area contributed by atoms with Crippen LogP contribution in [0.1, 0.15) is 420 Å². The van der Waals surface area contributed by atoms with Gasteiger partial charge in [0.1, 0.15) is 19.3 Å². The summed E-state index contributed by atoms with van der Waals surface area (Å²) in [5, 5.41) is 10.6. The zero-order chi connectivity index (χ0) is 72.8. The van der Waals surface area contributed by atoms with Crippen molar-refractivity contribution in [3.63, 3.8) is 0 Å². The monoisotopic (exact) mass is 1450 g/mol. The van der Waals surface area contributed by atoms with Gasteiger partial charge in [0, 0.05) is 25.7 Å². The van der Waals surface area contributed by atoms with Gasteiger partial charge in [-0.15, -0.1) is 0 Å². The maximum absolute atomic E-state index is 13.1. The van der Waals surface area contributed by atoms with E-state index in [1.807, 2.05) is 0 Å². The van der Waals surface area contributed by atoms with Gasteiger partial charge in [0.25, 0.3) is 0 Å². The molecule has 0 aromatic carbocycles. The lowest BCUT2D eigenvalue weighted by Gasteiger charge is -2.21. The summed E-state index contributed by atoms with van der Waals surface area (Å²) in [6, 6.07) is 0. The molecule has 0 radical (unpaired) electrons. The lowest BCUT2D eigenvalue weighted by molar-refractivity contribution is -0.161. The number of ether oxygens (including phenoxy) is 4. The number of aliphatic hydroxyl groups is 1. The highest BCUT2D eigenvalue weighted by Gasteiger charge is 2.30. The number of hydrogen-bond donors (Lipinski definition) is 3. The van der Waals surface area contributed by atoms with Crippen LogP contribution in [0.4, 0.5) is 0 Å². The predicted molar refractivity (Wildman–Crippen MR) is 405 cm³/mol. The van der Waals surface area contributed by atoms with Gasteiger partial charge in [-0.05, 0) is 37.5 Å². The number of aliphatic hydroxyl groups excluding tert-OH is 1. The second-order valence-corrected chi connectivity index (χ2v) is 32.7. The molecule has 19 heteroatoms. The number of carbonyl (C=O) groups is 4. The average molecular weight is 1450 g/mol. The first kappa shape index (κ1) is 97.1. The molecule has 0 spiro atoms. The number of esters is 4. The molecule has 0 aromatic heterocycles. The summed E-state index contributed by atoms with van der Waals surface area (Å²) < 4.78 is 68.6. The summed E-state index contributed by atoms with van der Waals surface area (Å²) in [7, 11) is -9.91. The highest BCUT2D eigenvalue weighted by atomic mass is 31.2. The number of carbonyl (C=O) groups excluding carboxylic acids is 4. The minimum atomic E-state index is -4.96. The van der Waals surface area contributed by atoms with Crippen LogP contribution in [0.2, 0.25) is 0 Å². The van der Waals surface area contributed by atoms with Crippen LogP contribution in [-0.2, 0) is 65.4 Å². The van der Waals surface area contributed by atoms with Gasteiger partial charge in [-0.2, -0.15) is 0 Å². The molecule has 99 heavy (non-hydrogen) atoms. The van der Waals surface area contributed by atoms with Crippen LogP contribution in [0.15, 0.2) is 0 Å². The van der Waals surface area contributed by atoms with E-state index in [0.29, 0.717) is 25.7 Å². The van der Waals surface area contributed by atoms with Gasteiger partial charge in [-0.25, -0.2) is 9.13 Å². The molecule has 0 heterocycles. The SMILES string of the molecule is CCCCCCCCCCCCCCCCCCCCC(=O)O[C@H](COC(=O)CCCCCCCCCCCCCCCCC(C)C)COP(=O)(O)OC[C@@H](O)COP(=O)(O)OC[C@@H](COC(=O)CCCCCCCCCC)OC(=O)CCCCCCCCCCCCCCCC(C)C. The van der Waals surface area contributed by atoms with E-state index in [2.05, 4.69) is 41.5 Å². The third-order valence-electron chi connectivity index (χ3n) is 18.7. The fraction of sp³-hybridized carbons (Fsp3) is 0.950. The Bertz CT molecular complexity index is 1910. The smallest absolute Gasteiger partial charge is 0.462 e. The van der Waals surface area contributed by atoms with Crippen molar-refractivity contribution in [2.75, 3.05) is 39.6 Å². The Morgan fingerprint density at radius 3 is 0.687 bits per heavy atom. The third kappa shape index (κ3) is 74.1. The van der Waals surface area contributed by atoms with Crippen LogP contribution in [0, 0.1) is 11.8 Å². The molecule has 588 valence electrons.